The van der Waals surface area contributed by atoms with Crippen LogP contribution in [0.2, 0.25) is 0 Å². The minimum absolute atomic E-state index is 0.124. The summed E-state index contributed by atoms with van der Waals surface area (Å²) < 4.78 is 5.62. The summed E-state index contributed by atoms with van der Waals surface area (Å²) in [7, 11) is 0. The van der Waals surface area contributed by atoms with Gasteiger partial charge in [-0.05, 0) is 36.1 Å². The van der Waals surface area contributed by atoms with Crippen LogP contribution in [-0.4, -0.2) is 35.6 Å². The number of hydrogen-bond acceptors (Lipinski definition) is 4. The van der Waals surface area contributed by atoms with E-state index in [1.807, 2.05) is 32.9 Å². The highest BCUT2D eigenvalue weighted by Crippen LogP contribution is 2.27. The summed E-state index contributed by atoms with van der Waals surface area (Å²) in [4.78, 5) is 15.7. The zero-order valence-corrected chi connectivity index (χ0v) is 13.8. The number of nitrogens with zero attached hydrogens (tertiary/aromatic N) is 1. The van der Waals surface area contributed by atoms with E-state index in [9.17, 15) is 9.90 Å². The molecule has 6 nitrogen and oxygen atoms in total. The number of ether oxygens (including phenoxy) is 1. The molecule has 1 fully saturated rings. The molecule has 1 aromatic carbocycles. The van der Waals surface area contributed by atoms with Gasteiger partial charge < -0.3 is 21.3 Å². The number of rotatable bonds is 6. The van der Waals surface area contributed by atoms with Crippen LogP contribution in [0.5, 0.6) is 5.75 Å². The van der Waals surface area contributed by atoms with Gasteiger partial charge in [0.25, 0.3) is 0 Å². The van der Waals surface area contributed by atoms with E-state index in [2.05, 4.69) is 4.99 Å². The Kier molecular flexibility index (Phi) is 4.94. The summed E-state index contributed by atoms with van der Waals surface area (Å²) in [6.45, 7) is 5.78. The summed E-state index contributed by atoms with van der Waals surface area (Å²) in [6, 6.07) is 7.43. The topological polar surface area (TPSA) is 111 Å². The molecular formula is C17H25N3O3. The van der Waals surface area contributed by atoms with Crippen molar-refractivity contribution in [2.45, 2.75) is 39.3 Å². The third-order valence-corrected chi connectivity index (χ3v) is 4.02. The standard InChI is InChI=1S/C17H25N3O3/c1-17(2,3)12(16(21)22)9-23-11-6-4-10(5-7-11)15(19)20-14-8-13(14)18/h4-7,12-14H,8-9,18H2,1-3H3,(H2,19,20)(H,21,22)/t12-,13+,14+/m0/s1. The van der Waals surface area contributed by atoms with E-state index >= 15 is 0 Å². The third kappa shape index (κ3) is 4.69. The first kappa shape index (κ1) is 17.3. The first-order valence-electron chi connectivity index (χ1n) is 7.73. The zero-order valence-electron chi connectivity index (χ0n) is 13.8. The predicted octanol–water partition coefficient (Wildman–Crippen LogP) is 1.62. The van der Waals surface area contributed by atoms with Gasteiger partial charge in [0.15, 0.2) is 0 Å². The van der Waals surface area contributed by atoms with Crippen molar-refractivity contribution in [2.75, 3.05) is 6.61 Å². The molecule has 0 bridgehead atoms. The molecule has 0 spiro atoms. The summed E-state index contributed by atoms with van der Waals surface area (Å²) >= 11 is 0. The first-order chi connectivity index (χ1) is 10.7. The lowest BCUT2D eigenvalue weighted by atomic mass is 9.81. The van der Waals surface area contributed by atoms with E-state index in [-0.39, 0.29) is 24.1 Å². The second-order valence-electron chi connectivity index (χ2n) is 7.07. The second-order valence-corrected chi connectivity index (χ2v) is 7.07. The number of amidine groups is 1. The van der Waals surface area contributed by atoms with E-state index < -0.39 is 11.9 Å². The van der Waals surface area contributed by atoms with Crippen LogP contribution in [0.15, 0.2) is 29.3 Å². The summed E-state index contributed by atoms with van der Waals surface area (Å²) in [5.74, 6) is -0.357. The van der Waals surface area contributed by atoms with Crippen molar-refractivity contribution in [1.82, 2.24) is 0 Å². The normalized spacial score (nSPS) is 22.5. The molecule has 6 heteroatoms. The van der Waals surface area contributed by atoms with Gasteiger partial charge in [-0.25, -0.2) is 0 Å². The van der Waals surface area contributed by atoms with Crippen molar-refractivity contribution < 1.29 is 14.6 Å². The lowest BCUT2D eigenvalue weighted by molar-refractivity contribution is -0.146. The van der Waals surface area contributed by atoms with Gasteiger partial charge in [-0.2, -0.15) is 0 Å². The number of carboxylic acids is 1. The number of nitrogens with two attached hydrogens (primary N) is 2. The molecule has 0 heterocycles. The van der Waals surface area contributed by atoms with Crippen LogP contribution in [0.25, 0.3) is 0 Å². The molecule has 1 aliphatic carbocycles. The van der Waals surface area contributed by atoms with Gasteiger partial charge in [-0.15, -0.1) is 0 Å². The lowest BCUT2D eigenvalue weighted by Crippen LogP contribution is -2.33. The first-order valence-corrected chi connectivity index (χ1v) is 7.73. The maximum Gasteiger partial charge on any atom is 0.310 e. The van der Waals surface area contributed by atoms with E-state index in [4.69, 9.17) is 16.2 Å². The predicted molar refractivity (Wildman–Crippen MR) is 89.6 cm³/mol. The molecule has 0 aliphatic heterocycles. The Balaban J connectivity index is 1.97. The minimum atomic E-state index is -0.855. The minimum Gasteiger partial charge on any atom is -0.493 e. The monoisotopic (exact) mass is 319 g/mol. The number of hydrogen-bond donors (Lipinski definition) is 3. The van der Waals surface area contributed by atoms with Gasteiger partial charge in [0.1, 0.15) is 18.2 Å². The van der Waals surface area contributed by atoms with Crippen LogP contribution < -0.4 is 16.2 Å². The second kappa shape index (κ2) is 6.58. The summed E-state index contributed by atoms with van der Waals surface area (Å²) in [5, 5.41) is 9.29. The SMILES string of the molecule is CC(C)(C)[C@@H](COc1ccc(C(N)=N[C@@H]2C[C@H]2N)cc1)C(=O)O. The number of carboxylic acid groups (broad SMARTS) is 1. The summed E-state index contributed by atoms with van der Waals surface area (Å²) in [5.41, 5.74) is 12.1. The van der Waals surface area contributed by atoms with Gasteiger partial charge in [0, 0.05) is 11.6 Å². The zero-order chi connectivity index (χ0) is 17.2. The number of aliphatic imine (C=N–C) groups is 1. The molecule has 0 amide bonds. The van der Waals surface area contributed by atoms with E-state index in [0.29, 0.717) is 11.6 Å². The molecule has 1 saturated carbocycles. The highest BCUT2D eigenvalue weighted by atomic mass is 16.5. The van der Waals surface area contributed by atoms with Crippen LogP contribution in [-0.2, 0) is 4.79 Å². The smallest absolute Gasteiger partial charge is 0.310 e. The van der Waals surface area contributed by atoms with Crippen LogP contribution in [0, 0.1) is 11.3 Å². The van der Waals surface area contributed by atoms with Gasteiger partial charge in [0.05, 0.1) is 12.0 Å². The molecule has 2 rings (SSSR count). The average Bonchev–Trinajstić information content (AvgIpc) is 3.13. The van der Waals surface area contributed by atoms with Crippen molar-refractivity contribution >= 4 is 11.8 Å². The van der Waals surface area contributed by atoms with Crippen LogP contribution in [0.4, 0.5) is 0 Å². The van der Waals surface area contributed by atoms with Crippen LogP contribution in [0.1, 0.15) is 32.8 Å². The maximum absolute atomic E-state index is 11.3. The maximum atomic E-state index is 11.3. The van der Waals surface area contributed by atoms with Crippen molar-refractivity contribution in [3.05, 3.63) is 29.8 Å². The van der Waals surface area contributed by atoms with Gasteiger partial charge in [-0.1, -0.05) is 20.8 Å². The molecule has 1 aliphatic rings. The Hall–Kier alpha value is -2.08. The number of benzene rings is 1. The Bertz CT molecular complexity index is 590. The Morgan fingerprint density at radius 3 is 2.39 bits per heavy atom. The fraction of sp³-hybridized carbons (Fsp3) is 0.529. The number of aliphatic carboxylic acids is 1. The molecule has 0 aromatic heterocycles. The molecule has 0 saturated heterocycles. The third-order valence-electron chi connectivity index (χ3n) is 4.02. The average molecular weight is 319 g/mol. The highest BCUT2D eigenvalue weighted by Gasteiger charge is 2.33. The quantitative estimate of drug-likeness (QED) is 0.545. The Labute approximate surface area is 136 Å². The summed E-state index contributed by atoms with van der Waals surface area (Å²) in [6.07, 6.45) is 0.880. The molecule has 1 aromatic rings. The van der Waals surface area contributed by atoms with Crippen molar-refractivity contribution in [3.8, 4) is 5.75 Å². The van der Waals surface area contributed by atoms with Gasteiger partial charge in [0.2, 0.25) is 0 Å². The van der Waals surface area contributed by atoms with E-state index in [0.717, 1.165) is 12.0 Å². The fourth-order valence-corrected chi connectivity index (χ4v) is 2.20. The molecule has 0 radical (unpaired) electrons. The molecule has 126 valence electrons. The van der Waals surface area contributed by atoms with E-state index in [1.54, 1.807) is 12.1 Å². The molecule has 23 heavy (non-hydrogen) atoms. The lowest BCUT2D eigenvalue weighted by Gasteiger charge is -2.26. The largest absolute Gasteiger partial charge is 0.493 e. The molecule has 0 unspecified atom stereocenters. The molecule has 3 atom stereocenters. The van der Waals surface area contributed by atoms with E-state index in [1.165, 1.54) is 0 Å². The number of carbonyl (C=O) groups is 1. The van der Waals surface area contributed by atoms with Gasteiger partial charge in [-0.3, -0.25) is 9.79 Å². The van der Waals surface area contributed by atoms with Gasteiger partial charge >= 0.3 is 5.97 Å². The van der Waals surface area contributed by atoms with Crippen molar-refractivity contribution in [1.29, 1.82) is 0 Å². The Morgan fingerprint density at radius 1 is 1.39 bits per heavy atom. The molecule has 5 N–H and O–H groups in total. The van der Waals surface area contributed by atoms with Crippen molar-refractivity contribution in [3.63, 3.8) is 0 Å². The Morgan fingerprint density at radius 2 is 1.96 bits per heavy atom. The van der Waals surface area contributed by atoms with Crippen LogP contribution >= 0.6 is 0 Å². The fourth-order valence-electron chi connectivity index (χ4n) is 2.20. The van der Waals surface area contributed by atoms with Crippen molar-refractivity contribution in [2.24, 2.45) is 27.8 Å². The van der Waals surface area contributed by atoms with Crippen LogP contribution in [0.3, 0.4) is 0 Å². The molecular weight excluding hydrogens is 294 g/mol. The highest BCUT2D eigenvalue weighted by molar-refractivity contribution is 5.97.